The number of carbonyl (C=O) groups excluding carboxylic acids is 2. The predicted octanol–water partition coefficient (Wildman–Crippen LogP) is -2.90. The molecule has 22 heavy (non-hydrogen) atoms. The van der Waals surface area contributed by atoms with Gasteiger partial charge in [0.1, 0.15) is 0 Å². The van der Waals surface area contributed by atoms with Gasteiger partial charge in [-0.05, 0) is 0 Å². The van der Waals surface area contributed by atoms with E-state index in [1.54, 1.807) is 14.0 Å². The number of carboxylic acids is 1. The molecule has 3 unspecified atom stereocenters. The molecule has 118 valence electrons. The van der Waals surface area contributed by atoms with Crippen molar-refractivity contribution < 1.29 is 80.6 Å². The van der Waals surface area contributed by atoms with Gasteiger partial charge in [-0.25, -0.2) is 0 Å². The van der Waals surface area contributed by atoms with Crippen LogP contribution in [0.25, 0.3) is 0 Å². The summed E-state index contributed by atoms with van der Waals surface area (Å²) in [6, 6.07) is 0. The summed E-state index contributed by atoms with van der Waals surface area (Å²) in [4.78, 5) is 23.8. The number of carbonyl (C=O) groups is 2. The van der Waals surface area contributed by atoms with Crippen molar-refractivity contribution in [3.05, 3.63) is 0 Å². The second-order valence-corrected chi connectivity index (χ2v) is 8.57. The molecule has 6 nitrogen and oxygen atoms in total. The molecule has 0 aromatic carbocycles. The normalized spacial score (nSPS) is 27.3. The van der Waals surface area contributed by atoms with Crippen molar-refractivity contribution in [2.45, 2.75) is 43.6 Å². The SMILES string of the molecule is COC([CH2][Hg+])CNC(=O)C1CCC(C)(C(=O)[O-])C1(C)C.[Na+].[OH-]. The molecule has 0 aromatic heterocycles. The summed E-state index contributed by atoms with van der Waals surface area (Å²) >= 11 is 0.630. The molecule has 1 amide bonds. The monoisotopic (exact) mass is 511 g/mol. The average molecular weight is 510 g/mol. The van der Waals surface area contributed by atoms with Crippen molar-refractivity contribution in [1.82, 2.24) is 5.32 Å². The van der Waals surface area contributed by atoms with Crippen LogP contribution in [-0.2, 0) is 40.4 Å². The van der Waals surface area contributed by atoms with Gasteiger partial charge in [-0.2, -0.15) is 0 Å². The minimum absolute atomic E-state index is 0. The molecular weight excluding hydrogens is 486 g/mol. The Kier molecular flexibility index (Phi) is 11.3. The van der Waals surface area contributed by atoms with Gasteiger partial charge in [0, 0.05) is 0 Å². The van der Waals surface area contributed by atoms with Gasteiger partial charge in [-0.1, -0.05) is 0 Å². The van der Waals surface area contributed by atoms with Crippen LogP contribution in [0.4, 0.5) is 0 Å². The molecule has 1 saturated carbocycles. The fourth-order valence-corrected chi connectivity index (χ4v) is 4.68. The van der Waals surface area contributed by atoms with Crippen LogP contribution in [0, 0.1) is 16.7 Å². The number of rotatable bonds is 6. The molecule has 0 aliphatic heterocycles. The Balaban J connectivity index is 0. The van der Waals surface area contributed by atoms with E-state index < -0.39 is 16.8 Å². The van der Waals surface area contributed by atoms with Gasteiger partial charge in [-0.15, -0.1) is 0 Å². The molecule has 0 spiro atoms. The molecule has 1 aliphatic carbocycles. The first-order chi connectivity index (χ1) is 9.20. The number of hydrogen-bond acceptors (Lipinski definition) is 5. The summed E-state index contributed by atoms with van der Waals surface area (Å²) in [6.45, 7) is 5.90. The molecule has 0 heterocycles. The smallest absolute Gasteiger partial charge is 0.870 e. The summed E-state index contributed by atoms with van der Waals surface area (Å²) in [6.07, 6.45) is 1.16. The standard InChI is InChI=1S/C14H24NO4.Hg.Na.H2O/c1-9(19-5)8-15-11(16)10-6-7-14(4,12(17)18)13(10,2)3;;;/h9-10H,1,6-8H2,2-5H3,(H,15,16)(H,17,18);;;1H2/q;2*+1;/p-2. The van der Waals surface area contributed by atoms with Crippen LogP contribution in [0.1, 0.15) is 33.6 Å². The number of amides is 1. The number of methoxy groups -OCH3 is 1. The van der Waals surface area contributed by atoms with Crippen LogP contribution in [0.3, 0.4) is 0 Å². The van der Waals surface area contributed by atoms with E-state index in [0.717, 1.165) is 3.93 Å². The quantitative estimate of drug-likeness (QED) is 0.387. The van der Waals surface area contributed by atoms with E-state index in [1.165, 1.54) is 0 Å². The van der Waals surface area contributed by atoms with Gasteiger partial charge in [0.15, 0.2) is 0 Å². The van der Waals surface area contributed by atoms with Crippen molar-refractivity contribution in [3.8, 4) is 0 Å². The summed E-state index contributed by atoms with van der Waals surface area (Å²) in [7, 11) is 1.65. The van der Waals surface area contributed by atoms with Crippen LogP contribution in [-0.4, -0.2) is 37.1 Å². The number of hydrogen-bond donors (Lipinski definition) is 1. The Morgan fingerprint density at radius 3 is 2.32 bits per heavy atom. The number of aliphatic carboxylic acids is 1. The van der Waals surface area contributed by atoms with E-state index in [2.05, 4.69) is 5.32 Å². The minimum atomic E-state index is -1.06. The zero-order valence-electron chi connectivity index (χ0n) is 14.3. The first kappa shape index (κ1) is 25.0. The Hall–Kier alpha value is 0.795. The van der Waals surface area contributed by atoms with Crippen molar-refractivity contribution in [3.63, 3.8) is 0 Å². The first-order valence-electron chi connectivity index (χ1n) is 7.02. The zero-order valence-corrected chi connectivity index (χ0v) is 21.8. The summed E-state index contributed by atoms with van der Waals surface area (Å²) in [5.41, 5.74) is -1.56. The fourth-order valence-electron chi connectivity index (χ4n) is 2.97. The zero-order chi connectivity index (χ0) is 15.6. The van der Waals surface area contributed by atoms with Crippen LogP contribution in [0.5, 0.6) is 0 Å². The molecule has 1 fully saturated rings. The van der Waals surface area contributed by atoms with E-state index in [9.17, 15) is 14.7 Å². The second kappa shape index (κ2) is 9.94. The molecule has 0 saturated heterocycles. The van der Waals surface area contributed by atoms with Crippen molar-refractivity contribution in [1.29, 1.82) is 0 Å². The minimum Gasteiger partial charge on any atom is -0.870 e. The topological polar surface area (TPSA) is 108 Å². The Morgan fingerprint density at radius 2 is 1.95 bits per heavy atom. The van der Waals surface area contributed by atoms with Crippen LogP contribution in [0.15, 0.2) is 0 Å². The van der Waals surface area contributed by atoms with Crippen LogP contribution in [0.2, 0.25) is 3.93 Å². The maximum atomic E-state index is 12.3. The van der Waals surface area contributed by atoms with Gasteiger partial charge >= 0.3 is 166 Å². The summed E-state index contributed by atoms with van der Waals surface area (Å²) < 4.78 is 6.29. The average Bonchev–Trinajstić information content (AvgIpc) is 2.63. The molecule has 0 bridgehead atoms. The van der Waals surface area contributed by atoms with Crippen molar-refractivity contribution >= 4 is 11.9 Å². The molecule has 1 aliphatic rings. The van der Waals surface area contributed by atoms with E-state index in [1.807, 2.05) is 13.8 Å². The molecule has 0 aromatic rings. The number of ether oxygens (including phenoxy) is 1. The third-order valence-corrected chi connectivity index (χ3v) is 7.66. The largest absolute Gasteiger partial charge is 1.00 e. The molecular formula is C14H24HgNNaO5. The maximum Gasteiger partial charge on any atom is 1.00 e. The molecule has 0 radical (unpaired) electrons. The Morgan fingerprint density at radius 1 is 1.41 bits per heavy atom. The van der Waals surface area contributed by atoms with Crippen LogP contribution >= 0.6 is 0 Å². The Bertz CT molecular complexity index is 389. The number of carboxylic acid groups (broad SMARTS) is 1. The summed E-state index contributed by atoms with van der Waals surface area (Å²) in [5, 5.41) is 14.3. The molecule has 1 rings (SSSR count). The van der Waals surface area contributed by atoms with Gasteiger partial charge in [0.2, 0.25) is 0 Å². The number of nitrogens with one attached hydrogen (secondary N) is 1. The van der Waals surface area contributed by atoms with E-state index in [0.29, 0.717) is 45.5 Å². The van der Waals surface area contributed by atoms with E-state index >= 15 is 0 Å². The molecule has 8 heteroatoms. The van der Waals surface area contributed by atoms with Gasteiger partial charge in [0.25, 0.3) is 0 Å². The van der Waals surface area contributed by atoms with Gasteiger partial charge in [-0.3, -0.25) is 0 Å². The van der Waals surface area contributed by atoms with Gasteiger partial charge < -0.3 is 5.48 Å². The molecule has 2 N–H and O–H groups in total. The maximum absolute atomic E-state index is 12.3. The van der Waals surface area contributed by atoms with Crippen molar-refractivity contribution in [2.24, 2.45) is 16.7 Å². The second-order valence-electron chi connectivity index (χ2n) is 6.32. The predicted molar refractivity (Wildman–Crippen MR) is 70.2 cm³/mol. The van der Waals surface area contributed by atoms with Crippen molar-refractivity contribution in [2.75, 3.05) is 13.7 Å². The Labute approximate surface area is 170 Å². The van der Waals surface area contributed by atoms with E-state index in [4.69, 9.17) is 4.74 Å². The third-order valence-electron chi connectivity index (χ3n) is 5.15. The van der Waals surface area contributed by atoms with Gasteiger partial charge in [0.05, 0.1) is 0 Å². The third kappa shape index (κ3) is 4.90. The molecule has 3 atom stereocenters. The summed E-state index contributed by atoms with van der Waals surface area (Å²) in [5.74, 6) is -1.42. The van der Waals surface area contributed by atoms with E-state index in [-0.39, 0.29) is 53.0 Å². The van der Waals surface area contributed by atoms with Crippen LogP contribution < -0.4 is 40.0 Å². The fraction of sp³-hybridized carbons (Fsp3) is 0.857. The first-order valence-corrected chi connectivity index (χ1v) is 10.9.